The van der Waals surface area contributed by atoms with Gasteiger partial charge in [-0.3, -0.25) is 9.59 Å². The lowest BCUT2D eigenvalue weighted by Crippen LogP contribution is -2.54. The number of carbonyl (C=O) groups is 2. The Hall–Kier alpha value is -0.850. The Labute approximate surface area is 191 Å². The summed E-state index contributed by atoms with van der Waals surface area (Å²) in [5.41, 5.74) is 1.68. The quantitative estimate of drug-likeness (QED) is 0.394. The van der Waals surface area contributed by atoms with Gasteiger partial charge in [0, 0.05) is 31.1 Å². The maximum absolute atomic E-state index is 12.9. The molecule has 0 amide bonds. The van der Waals surface area contributed by atoms with Crippen molar-refractivity contribution in [1.82, 2.24) is 0 Å². The Kier molecular flexibility index (Phi) is 5.58. The first-order chi connectivity index (χ1) is 14.8. The van der Waals surface area contributed by atoms with E-state index >= 15 is 0 Å². The second kappa shape index (κ2) is 7.88. The topological polar surface area (TPSA) is 61.8 Å². The highest BCUT2D eigenvalue weighted by atomic mass is 32.1. The Morgan fingerprint density at radius 3 is 2.61 bits per heavy atom. The monoisotopic (exact) mass is 448 g/mol. The van der Waals surface area contributed by atoms with Gasteiger partial charge in [-0.2, -0.15) is 12.6 Å². The van der Waals surface area contributed by atoms with Gasteiger partial charge >= 0.3 is 5.97 Å². The molecule has 1 aliphatic heterocycles. The van der Waals surface area contributed by atoms with Gasteiger partial charge < -0.3 is 14.2 Å². The summed E-state index contributed by atoms with van der Waals surface area (Å²) in [6, 6.07) is 0. The summed E-state index contributed by atoms with van der Waals surface area (Å²) < 4.78 is 17.2. The molecule has 1 saturated heterocycles. The average Bonchev–Trinajstić information content (AvgIpc) is 3.35. The number of Topliss-reactive ketones (excluding diaryl/α,β-unsaturated/α-hetero) is 1. The SMILES string of the molecule is CC(=O)OCC(=O)[C@H]1CC[C@H]2[C@@H]3CC=C4CC5(CC[C@]4(CS)[C@H]3CC[C@]12C)OCCO5. The molecule has 0 aromatic heterocycles. The second-order valence-electron chi connectivity index (χ2n) is 10.9. The molecule has 6 heteroatoms. The number of thiol groups is 1. The molecule has 0 bridgehead atoms. The molecule has 3 saturated carbocycles. The van der Waals surface area contributed by atoms with E-state index in [4.69, 9.17) is 26.8 Å². The summed E-state index contributed by atoms with van der Waals surface area (Å²) in [6.07, 6.45) is 10.8. The summed E-state index contributed by atoms with van der Waals surface area (Å²) in [4.78, 5) is 24.1. The van der Waals surface area contributed by atoms with Crippen LogP contribution in [0.3, 0.4) is 0 Å². The van der Waals surface area contributed by atoms with Crippen LogP contribution in [0.2, 0.25) is 0 Å². The van der Waals surface area contributed by atoms with Gasteiger partial charge in [-0.1, -0.05) is 18.6 Å². The highest BCUT2D eigenvalue weighted by molar-refractivity contribution is 7.80. The zero-order chi connectivity index (χ0) is 21.9. The predicted molar refractivity (Wildman–Crippen MR) is 120 cm³/mol. The van der Waals surface area contributed by atoms with Crippen LogP contribution in [-0.2, 0) is 23.8 Å². The van der Waals surface area contributed by atoms with E-state index in [-0.39, 0.29) is 35.1 Å². The fourth-order valence-corrected chi connectivity index (χ4v) is 8.85. The van der Waals surface area contributed by atoms with Gasteiger partial charge in [-0.15, -0.1) is 0 Å². The van der Waals surface area contributed by atoms with Crippen LogP contribution in [0.25, 0.3) is 0 Å². The van der Waals surface area contributed by atoms with Crippen molar-refractivity contribution >= 4 is 24.4 Å². The maximum atomic E-state index is 12.9. The minimum atomic E-state index is -0.393. The Morgan fingerprint density at radius 1 is 1.13 bits per heavy atom. The van der Waals surface area contributed by atoms with Crippen molar-refractivity contribution in [3.8, 4) is 0 Å². The van der Waals surface area contributed by atoms with Crippen LogP contribution >= 0.6 is 12.6 Å². The predicted octanol–water partition coefficient (Wildman–Crippen LogP) is 4.35. The molecule has 0 radical (unpaired) electrons. The highest BCUT2D eigenvalue weighted by Crippen LogP contribution is 2.67. The molecule has 31 heavy (non-hydrogen) atoms. The standard InChI is InChI=1S/C25H36O5S/c1-16(26)28-14-22(27)21-6-5-19-18-4-3-17-13-25(29-11-12-30-25)10-9-24(17,15-31)20(18)7-8-23(19,21)2/h3,18-21,31H,4-15H2,1-2H3/t18-,19-,20-,21+,23-,24+/m0/s1. The van der Waals surface area contributed by atoms with Crippen LogP contribution in [0.5, 0.6) is 0 Å². The van der Waals surface area contributed by atoms with E-state index in [1.165, 1.54) is 12.5 Å². The third-order valence-corrected chi connectivity index (χ3v) is 10.3. The molecule has 172 valence electrons. The molecule has 5 aliphatic rings. The highest BCUT2D eigenvalue weighted by Gasteiger charge is 2.62. The van der Waals surface area contributed by atoms with Gasteiger partial charge in [0.2, 0.25) is 0 Å². The molecular formula is C25H36O5S. The van der Waals surface area contributed by atoms with Crippen LogP contribution < -0.4 is 0 Å². The van der Waals surface area contributed by atoms with Crippen molar-refractivity contribution in [2.45, 2.75) is 71.0 Å². The van der Waals surface area contributed by atoms with Crippen LogP contribution in [-0.4, -0.2) is 43.1 Å². The Morgan fingerprint density at radius 2 is 1.90 bits per heavy atom. The van der Waals surface area contributed by atoms with E-state index in [1.807, 2.05) is 0 Å². The average molecular weight is 449 g/mol. The molecule has 4 aliphatic carbocycles. The maximum Gasteiger partial charge on any atom is 0.303 e. The number of hydrogen-bond donors (Lipinski definition) is 1. The van der Waals surface area contributed by atoms with Crippen molar-refractivity contribution in [3.63, 3.8) is 0 Å². The summed E-state index contributed by atoms with van der Waals surface area (Å²) in [5, 5.41) is 0. The molecule has 0 aromatic carbocycles. The molecular weight excluding hydrogens is 412 g/mol. The summed E-state index contributed by atoms with van der Waals surface area (Å²) in [5.74, 6) is 2.05. The van der Waals surface area contributed by atoms with Crippen molar-refractivity contribution < 1.29 is 23.8 Å². The molecule has 4 fully saturated rings. The number of ether oxygens (including phenoxy) is 3. The number of esters is 1. The molecule has 1 spiro atoms. The lowest BCUT2D eigenvalue weighted by molar-refractivity contribution is -0.185. The smallest absolute Gasteiger partial charge is 0.303 e. The third kappa shape index (κ3) is 3.34. The van der Waals surface area contributed by atoms with E-state index in [0.717, 1.165) is 57.1 Å². The summed E-state index contributed by atoms with van der Waals surface area (Å²) >= 11 is 4.91. The zero-order valence-electron chi connectivity index (χ0n) is 18.9. The Bertz CT molecular complexity index is 787. The largest absolute Gasteiger partial charge is 0.458 e. The molecule has 0 N–H and O–H groups in total. The first kappa shape index (κ1) is 22.0. The van der Waals surface area contributed by atoms with E-state index in [9.17, 15) is 9.59 Å². The first-order valence-corrected chi connectivity index (χ1v) is 12.7. The lowest BCUT2D eigenvalue weighted by atomic mass is 9.47. The number of fused-ring (bicyclic) bond motifs is 5. The van der Waals surface area contributed by atoms with Crippen LogP contribution in [0, 0.1) is 34.5 Å². The van der Waals surface area contributed by atoms with Crippen molar-refractivity contribution in [2.75, 3.05) is 25.6 Å². The van der Waals surface area contributed by atoms with Gasteiger partial charge in [0.1, 0.15) is 6.61 Å². The van der Waals surface area contributed by atoms with Crippen LogP contribution in [0.4, 0.5) is 0 Å². The van der Waals surface area contributed by atoms with Gasteiger partial charge in [-0.05, 0) is 67.4 Å². The van der Waals surface area contributed by atoms with E-state index in [2.05, 4.69) is 13.0 Å². The number of hydrogen-bond acceptors (Lipinski definition) is 6. The minimum Gasteiger partial charge on any atom is -0.458 e. The van der Waals surface area contributed by atoms with E-state index in [1.54, 1.807) is 0 Å². The Balaban J connectivity index is 1.38. The molecule has 0 unspecified atom stereocenters. The fourth-order valence-electron chi connectivity index (χ4n) is 8.25. The van der Waals surface area contributed by atoms with E-state index in [0.29, 0.717) is 31.0 Å². The van der Waals surface area contributed by atoms with E-state index < -0.39 is 5.79 Å². The fraction of sp³-hybridized carbons (Fsp3) is 0.840. The van der Waals surface area contributed by atoms with Gasteiger partial charge in [-0.25, -0.2) is 0 Å². The van der Waals surface area contributed by atoms with Crippen LogP contribution in [0.1, 0.15) is 65.2 Å². The third-order valence-electron chi connectivity index (χ3n) is 9.74. The van der Waals surface area contributed by atoms with Crippen LogP contribution in [0.15, 0.2) is 11.6 Å². The first-order valence-electron chi connectivity index (χ1n) is 12.1. The normalized spacial score (nSPS) is 43.0. The lowest BCUT2D eigenvalue weighted by Gasteiger charge is -2.59. The molecule has 0 aromatic rings. The van der Waals surface area contributed by atoms with Gasteiger partial charge in [0.05, 0.1) is 13.2 Å². The number of carbonyl (C=O) groups excluding carboxylic acids is 2. The summed E-state index contributed by atoms with van der Waals surface area (Å²) in [7, 11) is 0. The van der Waals surface area contributed by atoms with Crippen molar-refractivity contribution in [3.05, 3.63) is 11.6 Å². The number of rotatable bonds is 4. The molecule has 5 rings (SSSR count). The zero-order valence-corrected chi connectivity index (χ0v) is 19.8. The summed E-state index contributed by atoms with van der Waals surface area (Å²) in [6.45, 7) is 5.05. The molecule has 5 nitrogen and oxygen atoms in total. The van der Waals surface area contributed by atoms with Crippen molar-refractivity contribution in [2.24, 2.45) is 34.5 Å². The number of allylic oxidation sites excluding steroid dienone is 1. The molecule has 6 atom stereocenters. The molecule has 1 heterocycles. The number of ketones is 1. The minimum absolute atomic E-state index is 0.0186. The van der Waals surface area contributed by atoms with Crippen molar-refractivity contribution in [1.29, 1.82) is 0 Å². The second-order valence-corrected chi connectivity index (χ2v) is 11.2. The van der Waals surface area contributed by atoms with Gasteiger partial charge in [0.15, 0.2) is 11.6 Å². The van der Waals surface area contributed by atoms with Gasteiger partial charge in [0.25, 0.3) is 0 Å².